The van der Waals surface area contributed by atoms with Crippen LogP contribution in [0, 0.1) is 5.82 Å². The second-order valence-corrected chi connectivity index (χ2v) is 7.53. The van der Waals surface area contributed by atoms with E-state index in [4.69, 9.17) is 4.74 Å². The van der Waals surface area contributed by atoms with Crippen molar-refractivity contribution < 1.29 is 13.9 Å². The van der Waals surface area contributed by atoms with Crippen LogP contribution >= 0.6 is 0 Å². The molecule has 2 fully saturated rings. The predicted octanol–water partition coefficient (Wildman–Crippen LogP) is 3.04. The number of amides is 1. The Morgan fingerprint density at radius 2 is 1.85 bits per heavy atom. The summed E-state index contributed by atoms with van der Waals surface area (Å²) in [7, 11) is 0. The molecule has 0 radical (unpaired) electrons. The van der Waals surface area contributed by atoms with Crippen LogP contribution in [0.4, 0.5) is 10.1 Å². The van der Waals surface area contributed by atoms with E-state index in [1.54, 1.807) is 12.1 Å². The van der Waals surface area contributed by atoms with Crippen LogP contribution in [-0.4, -0.2) is 47.3 Å². The van der Waals surface area contributed by atoms with E-state index in [9.17, 15) is 9.18 Å². The Balaban J connectivity index is 1.32. The van der Waals surface area contributed by atoms with Crippen molar-refractivity contribution in [1.29, 1.82) is 0 Å². The molecule has 3 heterocycles. The molecule has 3 aliphatic heterocycles. The number of anilines is 1. The molecule has 3 aliphatic rings. The van der Waals surface area contributed by atoms with Crippen LogP contribution in [0.1, 0.15) is 28.8 Å². The molecule has 0 bridgehead atoms. The van der Waals surface area contributed by atoms with Gasteiger partial charge in [0.05, 0.1) is 11.3 Å². The number of carbonyl (C=O) groups excluding carboxylic acids is 1. The summed E-state index contributed by atoms with van der Waals surface area (Å²) in [6, 6.07) is 15.2. The lowest BCUT2D eigenvalue weighted by molar-refractivity contribution is 0.0166. The second kappa shape index (κ2) is 6.32. The summed E-state index contributed by atoms with van der Waals surface area (Å²) in [5.41, 5.74) is 1.96. The number of ether oxygens (including phenoxy) is 1. The van der Waals surface area contributed by atoms with E-state index in [0.29, 0.717) is 12.2 Å². The van der Waals surface area contributed by atoms with Gasteiger partial charge in [-0.2, -0.15) is 0 Å². The number of hydrogen-bond donors (Lipinski definition) is 1. The number of fused-ring (bicyclic) bond motifs is 1. The monoisotopic (exact) mass is 367 g/mol. The first-order chi connectivity index (χ1) is 13.2. The van der Waals surface area contributed by atoms with E-state index in [1.807, 2.05) is 11.0 Å². The number of para-hydroxylation sites is 1. The zero-order valence-electron chi connectivity index (χ0n) is 15.0. The minimum atomic E-state index is -0.863. The number of rotatable bonds is 3. The number of epoxide rings is 1. The molecule has 5 nitrogen and oxygen atoms in total. The Bertz CT molecular complexity index is 861. The molecule has 0 aromatic heterocycles. The molecule has 1 N–H and O–H groups in total. The van der Waals surface area contributed by atoms with Crippen LogP contribution in [0.2, 0.25) is 0 Å². The van der Waals surface area contributed by atoms with Crippen molar-refractivity contribution in [3.05, 3.63) is 65.5 Å². The fraction of sp³-hybridized carbons (Fsp3) is 0.381. The van der Waals surface area contributed by atoms with Crippen LogP contribution in [0.5, 0.6) is 0 Å². The molecule has 2 saturated heterocycles. The van der Waals surface area contributed by atoms with Gasteiger partial charge in [-0.3, -0.25) is 14.6 Å². The van der Waals surface area contributed by atoms with Crippen LogP contribution in [0.3, 0.4) is 0 Å². The molecule has 2 aromatic carbocycles. The highest BCUT2D eigenvalue weighted by Crippen LogP contribution is 2.43. The smallest absolute Gasteiger partial charge is 0.260 e. The lowest BCUT2D eigenvalue weighted by Crippen LogP contribution is -2.59. The predicted molar refractivity (Wildman–Crippen MR) is 99.6 cm³/mol. The molecule has 0 aliphatic carbocycles. The fourth-order valence-electron chi connectivity index (χ4n) is 4.30. The number of carbonyl (C=O) groups is 1. The molecular formula is C21H22FN3O2. The number of benzene rings is 2. The van der Waals surface area contributed by atoms with E-state index < -0.39 is 11.7 Å². The first-order valence-corrected chi connectivity index (χ1v) is 9.47. The maximum atomic E-state index is 14.1. The molecule has 2 aromatic rings. The molecule has 6 heteroatoms. The van der Waals surface area contributed by atoms with Crippen molar-refractivity contribution in [2.45, 2.75) is 31.3 Å². The quantitative estimate of drug-likeness (QED) is 0.847. The van der Waals surface area contributed by atoms with Crippen molar-refractivity contribution in [3.8, 4) is 0 Å². The van der Waals surface area contributed by atoms with Crippen molar-refractivity contribution in [3.63, 3.8) is 0 Å². The van der Waals surface area contributed by atoms with Crippen molar-refractivity contribution in [2.24, 2.45) is 0 Å². The Hall–Kier alpha value is -2.44. The normalized spacial score (nSPS) is 25.4. The van der Waals surface area contributed by atoms with Gasteiger partial charge in [-0.15, -0.1) is 0 Å². The van der Waals surface area contributed by atoms with E-state index >= 15 is 0 Å². The fourth-order valence-corrected chi connectivity index (χ4v) is 4.30. The highest BCUT2D eigenvalue weighted by Gasteiger charge is 2.59. The Kier molecular flexibility index (Phi) is 3.91. The summed E-state index contributed by atoms with van der Waals surface area (Å²) in [6.45, 7) is 3.18. The maximum Gasteiger partial charge on any atom is 0.260 e. The third-order valence-corrected chi connectivity index (χ3v) is 5.76. The van der Waals surface area contributed by atoms with Crippen molar-refractivity contribution >= 4 is 11.6 Å². The molecule has 1 spiro atoms. The standard InChI is InChI=1S/C21H22FN3O2/c22-18-8-4-7-17-19(18)23-21(14-27-21)25(20(17)26)16-9-11-24(12-10-16)13-15-5-2-1-3-6-15/h1-8,16,23H,9-14H2. The number of nitrogens with zero attached hydrogens (tertiary/aromatic N) is 2. The Labute approximate surface area is 157 Å². The Morgan fingerprint density at radius 1 is 1.11 bits per heavy atom. The topological polar surface area (TPSA) is 48.1 Å². The van der Waals surface area contributed by atoms with Crippen molar-refractivity contribution in [1.82, 2.24) is 9.80 Å². The van der Waals surface area contributed by atoms with Gasteiger partial charge in [0.25, 0.3) is 5.91 Å². The number of hydrogen-bond acceptors (Lipinski definition) is 4. The van der Waals surface area contributed by atoms with Crippen molar-refractivity contribution in [2.75, 3.05) is 25.0 Å². The molecular weight excluding hydrogens is 345 g/mol. The van der Waals surface area contributed by atoms with Gasteiger partial charge in [0, 0.05) is 25.7 Å². The highest BCUT2D eigenvalue weighted by molar-refractivity contribution is 6.02. The van der Waals surface area contributed by atoms with Crippen LogP contribution in [-0.2, 0) is 11.3 Å². The minimum absolute atomic E-state index is 0.0935. The van der Waals surface area contributed by atoms with Gasteiger partial charge >= 0.3 is 0 Å². The van der Waals surface area contributed by atoms with Gasteiger partial charge < -0.3 is 10.1 Å². The van der Waals surface area contributed by atoms with Gasteiger partial charge in [0.2, 0.25) is 5.85 Å². The molecule has 1 amide bonds. The highest BCUT2D eigenvalue weighted by atomic mass is 19.1. The first-order valence-electron chi connectivity index (χ1n) is 9.47. The minimum Gasteiger partial charge on any atom is -0.335 e. The van der Waals surface area contributed by atoms with Gasteiger partial charge in [-0.25, -0.2) is 4.39 Å². The van der Waals surface area contributed by atoms with E-state index in [-0.39, 0.29) is 17.6 Å². The van der Waals surface area contributed by atoms with Crippen LogP contribution < -0.4 is 5.32 Å². The number of halogens is 1. The first kappa shape index (κ1) is 16.7. The lowest BCUT2D eigenvalue weighted by Gasteiger charge is -2.44. The third-order valence-electron chi connectivity index (χ3n) is 5.76. The number of piperidine rings is 1. The summed E-state index contributed by atoms with van der Waals surface area (Å²) >= 11 is 0. The summed E-state index contributed by atoms with van der Waals surface area (Å²) in [5.74, 6) is -1.41. The van der Waals surface area contributed by atoms with Gasteiger partial charge in [0.1, 0.15) is 12.4 Å². The Morgan fingerprint density at radius 3 is 2.56 bits per heavy atom. The van der Waals surface area contributed by atoms with Gasteiger partial charge in [-0.05, 0) is 30.5 Å². The molecule has 0 saturated carbocycles. The van der Waals surface area contributed by atoms with Gasteiger partial charge in [0.15, 0.2) is 0 Å². The summed E-state index contributed by atoms with van der Waals surface area (Å²) in [6.07, 6.45) is 1.77. The lowest BCUT2D eigenvalue weighted by atomic mass is 9.98. The van der Waals surface area contributed by atoms with Crippen LogP contribution in [0.25, 0.3) is 0 Å². The van der Waals surface area contributed by atoms with E-state index in [1.165, 1.54) is 11.6 Å². The maximum absolute atomic E-state index is 14.1. The van der Waals surface area contributed by atoms with E-state index in [0.717, 1.165) is 32.5 Å². The third kappa shape index (κ3) is 2.89. The number of likely N-dealkylation sites (tertiary alicyclic amines) is 1. The average molecular weight is 367 g/mol. The molecule has 5 rings (SSSR count). The largest absolute Gasteiger partial charge is 0.335 e. The van der Waals surface area contributed by atoms with E-state index in [2.05, 4.69) is 34.5 Å². The van der Waals surface area contributed by atoms with Crippen LogP contribution in [0.15, 0.2) is 48.5 Å². The molecule has 1 atom stereocenters. The summed E-state index contributed by atoms with van der Waals surface area (Å²) in [5, 5.41) is 3.14. The SMILES string of the molecule is O=C1c2cccc(F)c2NC2(CO2)N1C1CCN(Cc2ccccc2)CC1. The van der Waals surface area contributed by atoms with Gasteiger partial charge in [-0.1, -0.05) is 36.4 Å². The molecule has 140 valence electrons. The molecule has 27 heavy (non-hydrogen) atoms. The second-order valence-electron chi connectivity index (χ2n) is 7.53. The number of nitrogens with one attached hydrogen (secondary N) is 1. The average Bonchev–Trinajstić information content (AvgIpc) is 3.45. The summed E-state index contributed by atoms with van der Waals surface area (Å²) in [4.78, 5) is 17.4. The molecule has 1 unspecified atom stereocenters. The zero-order chi connectivity index (χ0) is 18.4. The zero-order valence-corrected chi connectivity index (χ0v) is 15.0. The summed E-state index contributed by atoms with van der Waals surface area (Å²) < 4.78 is 19.8.